The SMILES string of the molecule is COC1CCCN(Cc2ccccc2C#CCO)C1. The Balaban J connectivity index is 2.06. The molecular formula is C16H21NO2. The summed E-state index contributed by atoms with van der Waals surface area (Å²) in [4.78, 5) is 2.41. The monoisotopic (exact) mass is 259 g/mol. The van der Waals surface area contributed by atoms with E-state index >= 15 is 0 Å². The fourth-order valence-corrected chi connectivity index (χ4v) is 2.50. The summed E-state index contributed by atoms with van der Waals surface area (Å²) in [7, 11) is 1.79. The van der Waals surface area contributed by atoms with Gasteiger partial charge in [0.25, 0.3) is 0 Å². The second-order valence-corrected chi connectivity index (χ2v) is 4.85. The number of ether oxygens (including phenoxy) is 1. The summed E-state index contributed by atoms with van der Waals surface area (Å²) >= 11 is 0. The lowest BCUT2D eigenvalue weighted by Gasteiger charge is -2.32. The highest BCUT2D eigenvalue weighted by atomic mass is 16.5. The molecule has 0 bridgehead atoms. The van der Waals surface area contributed by atoms with Crippen molar-refractivity contribution in [2.45, 2.75) is 25.5 Å². The molecule has 0 aromatic heterocycles. The number of rotatable bonds is 3. The van der Waals surface area contributed by atoms with Crippen molar-refractivity contribution < 1.29 is 9.84 Å². The average Bonchev–Trinajstić information content (AvgIpc) is 2.46. The van der Waals surface area contributed by atoms with E-state index in [0.29, 0.717) is 6.10 Å². The number of benzene rings is 1. The fourth-order valence-electron chi connectivity index (χ4n) is 2.50. The Morgan fingerprint density at radius 2 is 2.26 bits per heavy atom. The minimum absolute atomic E-state index is 0.0935. The third-order valence-corrected chi connectivity index (χ3v) is 3.51. The quantitative estimate of drug-likeness (QED) is 0.838. The molecule has 19 heavy (non-hydrogen) atoms. The van der Waals surface area contributed by atoms with Gasteiger partial charge in [0.15, 0.2) is 0 Å². The Hall–Kier alpha value is -1.34. The molecule has 2 rings (SSSR count). The molecule has 0 saturated carbocycles. The molecule has 3 heteroatoms. The standard InChI is InChI=1S/C16H21NO2/c1-19-16-9-4-10-17(13-16)12-15-7-3-2-6-14(15)8-5-11-18/h2-3,6-7,16,18H,4,9-13H2,1H3. The van der Waals surface area contributed by atoms with Crippen LogP contribution in [0.2, 0.25) is 0 Å². The molecule has 1 atom stereocenters. The van der Waals surface area contributed by atoms with Gasteiger partial charge in [-0.15, -0.1) is 0 Å². The Labute approximate surface area is 115 Å². The van der Waals surface area contributed by atoms with Crippen LogP contribution in [0.3, 0.4) is 0 Å². The van der Waals surface area contributed by atoms with E-state index in [0.717, 1.165) is 31.6 Å². The largest absolute Gasteiger partial charge is 0.384 e. The Morgan fingerprint density at radius 1 is 1.42 bits per heavy atom. The van der Waals surface area contributed by atoms with Crippen LogP contribution in [0.5, 0.6) is 0 Å². The van der Waals surface area contributed by atoms with Gasteiger partial charge in [0.2, 0.25) is 0 Å². The minimum Gasteiger partial charge on any atom is -0.384 e. The minimum atomic E-state index is -0.0935. The van der Waals surface area contributed by atoms with Gasteiger partial charge >= 0.3 is 0 Å². The van der Waals surface area contributed by atoms with Crippen molar-refractivity contribution in [3.8, 4) is 11.8 Å². The second kappa shape index (κ2) is 7.30. The predicted octanol–water partition coefficient (Wildman–Crippen LogP) is 1.64. The molecule has 1 aromatic rings. The van der Waals surface area contributed by atoms with E-state index in [1.165, 1.54) is 12.0 Å². The maximum Gasteiger partial charge on any atom is 0.104 e. The van der Waals surface area contributed by atoms with Gasteiger partial charge in [-0.1, -0.05) is 30.0 Å². The summed E-state index contributed by atoms with van der Waals surface area (Å²) in [6.07, 6.45) is 2.69. The number of aliphatic hydroxyl groups excluding tert-OH is 1. The highest BCUT2D eigenvalue weighted by molar-refractivity contribution is 5.41. The first kappa shape index (κ1) is 14.1. The molecule has 1 aromatic carbocycles. The molecule has 1 aliphatic heterocycles. The van der Waals surface area contributed by atoms with E-state index < -0.39 is 0 Å². The highest BCUT2D eigenvalue weighted by Crippen LogP contribution is 2.17. The van der Waals surface area contributed by atoms with Crippen LogP contribution < -0.4 is 0 Å². The molecule has 1 aliphatic rings. The van der Waals surface area contributed by atoms with E-state index in [1.54, 1.807) is 7.11 Å². The van der Waals surface area contributed by atoms with Crippen LogP contribution in [0.1, 0.15) is 24.0 Å². The van der Waals surface area contributed by atoms with E-state index in [-0.39, 0.29) is 6.61 Å². The van der Waals surface area contributed by atoms with Crippen LogP contribution in [0.25, 0.3) is 0 Å². The van der Waals surface area contributed by atoms with Crippen molar-refractivity contribution >= 4 is 0 Å². The number of piperidine rings is 1. The Morgan fingerprint density at radius 3 is 3.05 bits per heavy atom. The lowest BCUT2D eigenvalue weighted by Crippen LogP contribution is -2.38. The van der Waals surface area contributed by atoms with Gasteiger partial charge in [0.05, 0.1) is 6.10 Å². The van der Waals surface area contributed by atoms with Crippen LogP contribution in [0, 0.1) is 11.8 Å². The molecule has 1 unspecified atom stereocenters. The Bertz CT molecular complexity index is 461. The van der Waals surface area contributed by atoms with Crippen molar-refractivity contribution in [3.05, 3.63) is 35.4 Å². The molecule has 1 saturated heterocycles. The lowest BCUT2D eigenvalue weighted by molar-refractivity contribution is 0.0285. The van der Waals surface area contributed by atoms with Crippen molar-refractivity contribution in [2.75, 3.05) is 26.8 Å². The summed E-state index contributed by atoms with van der Waals surface area (Å²) in [6, 6.07) is 8.14. The average molecular weight is 259 g/mol. The van der Waals surface area contributed by atoms with Gasteiger partial charge in [-0.3, -0.25) is 4.90 Å². The van der Waals surface area contributed by atoms with Gasteiger partial charge in [0.1, 0.15) is 6.61 Å². The van der Waals surface area contributed by atoms with Crippen LogP contribution >= 0.6 is 0 Å². The molecular weight excluding hydrogens is 238 g/mol. The van der Waals surface area contributed by atoms with Gasteiger partial charge < -0.3 is 9.84 Å². The molecule has 0 spiro atoms. The molecule has 0 amide bonds. The smallest absolute Gasteiger partial charge is 0.104 e. The van der Waals surface area contributed by atoms with E-state index in [9.17, 15) is 0 Å². The van der Waals surface area contributed by atoms with E-state index in [2.05, 4.69) is 22.8 Å². The van der Waals surface area contributed by atoms with Gasteiger partial charge in [0, 0.05) is 25.8 Å². The second-order valence-electron chi connectivity index (χ2n) is 4.85. The predicted molar refractivity (Wildman–Crippen MR) is 75.7 cm³/mol. The molecule has 0 aliphatic carbocycles. The summed E-state index contributed by atoms with van der Waals surface area (Å²) in [5.41, 5.74) is 2.23. The van der Waals surface area contributed by atoms with Crippen LogP contribution in [0.4, 0.5) is 0 Å². The van der Waals surface area contributed by atoms with Crippen LogP contribution in [0.15, 0.2) is 24.3 Å². The zero-order chi connectivity index (χ0) is 13.5. The number of hydrogen-bond acceptors (Lipinski definition) is 3. The summed E-state index contributed by atoms with van der Waals surface area (Å²) in [6.45, 7) is 2.90. The number of aliphatic hydroxyl groups is 1. The lowest BCUT2D eigenvalue weighted by atomic mass is 10.0. The molecule has 102 valence electrons. The normalized spacial score (nSPS) is 19.8. The van der Waals surface area contributed by atoms with Crippen LogP contribution in [-0.4, -0.2) is 42.9 Å². The summed E-state index contributed by atoms with van der Waals surface area (Å²) < 4.78 is 5.45. The third kappa shape index (κ3) is 4.07. The first-order valence-corrected chi connectivity index (χ1v) is 6.76. The molecule has 1 N–H and O–H groups in total. The number of hydrogen-bond donors (Lipinski definition) is 1. The molecule has 1 fully saturated rings. The number of nitrogens with zero attached hydrogens (tertiary/aromatic N) is 1. The molecule has 3 nitrogen and oxygen atoms in total. The summed E-state index contributed by atoms with van der Waals surface area (Å²) in [5, 5.41) is 8.81. The van der Waals surface area contributed by atoms with Crippen molar-refractivity contribution in [2.24, 2.45) is 0 Å². The zero-order valence-corrected chi connectivity index (χ0v) is 11.4. The molecule has 0 radical (unpaired) electrons. The Kier molecular flexibility index (Phi) is 5.41. The van der Waals surface area contributed by atoms with E-state index in [4.69, 9.17) is 9.84 Å². The van der Waals surface area contributed by atoms with Crippen LogP contribution in [-0.2, 0) is 11.3 Å². The van der Waals surface area contributed by atoms with E-state index in [1.807, 2.05) is 18.2 Å². The van der Waals surface area contributed by atoms with Crippen molar-refractivity contribution in [1.29, 1.82) is 0 Å². The van der Waals surface area contributed by atoms with Crippen molar-refractivity contribution in [1.82, 2.24) is 4.90 Å². The van der Waals surface area contributed by atoms with Crippen molar-refractivity contribution in [3.63, 3.8) is 0 Å². The third-order valence-electron chi connectivity index (χ3n) is 3.51. The fraction of sp³-hybridized carbons (Fsp3) is 0.500. The van der Waals surface area contributed by atoms with Gasteiger partial charge in [-0.25, -0.2) is 0 Å². The number of likely N-dealkylation sites (tertiary alicyclic amines) is 1. The maximum atomic E-state index is 8.81. The summed E-state index contributed by atoms with van der Waals surface area (Å²) in [5.74, 6) is 5.74. The highest BCUT2D eigenvalue weighted by Gasteiger charge is 2.19. The first-order chi connectivity index (χ1) is 9.33. The number of methoxy groups -OCH3 is 1. The van der Waals surface area contributed by atoms with Gasteiger partial charge in [-0.05, 0) is 31.0 Å². The molecule has 1 heterocycles. The zero-order valence-electron chi connectivity index (χ0n) is 11.4. The first-order valence-electron chi connectivity index (χ1n) is 6.76. The topological polar surface area (TPSA) is 32.7 Å². The maximum absolute atomic E-state index is 8.81. The van der Waals surface area contributed by atoms with Gasteiger partial charge in [-0.2, -0.15) is 0 Å².